The van der Waals surface area contributed by atoms with E-state index >= 15 is 0 Å². The van der Waals surface area contributed by atoms with Crippen molar-refractivity contribution in [3.63, 3.8) is 0 Å². The molecule has 5 rings (SSSR count). The first-order valence-corrected chi connectivity index (χ1v) is 12.5. The number of rotatable bonds is 4. The van der Waals surface area contributed by atoms with Gasteiger partial charge < -0.3 is 24.0 Å². The van der Waals surface area contributed by atoms with E-state index in [1.54, 1.807) is 4.90 Å². The summed E-state index contributed by atoms with van der Waals surface area (Å²) in [6.07, 6.45) is 6.00. The van der Waals surface area contributed by atoms with E-state index in [4.69, 9.17) is 24.4 Å². The van der Waals surface area contributed by atoms with Crippen molar-refractivity contribution >= 4 is 22.8 Å². The van der Waals surface area contributed by atoms with Crippen molar-refractivity contribution in [2.75, 3.05) is 26.3 Å². The van der Waals surface area contributed by atoms with E-state index in [0.717, 1.165) is 52.8 Å². The molecule has 1 amide bonds. The molecule has 1 N–H and O–H groups in total. The van der Waals surface area contributed by atoms with E-state index in [0.29, 0.717) is 32.1 Å². The highest BCUT2D eigenvalue weighted by Gasteiger charge is 2.29. The molecule has 0 spiro atoms. The van der Waals surface area contributed by atoms with Crippen LogP contribution >= 0.6 is 0 Å². The highest BCUT2D eigenvalue weighted by molar-refractivity contribution is 5.87. The molecule has 190 valence electrons. The van der Waals surface area contributed by atoms with Gasteiger partial charge in [0.05, 0.1) is 31.8 Å². The minimum absolute atomic E-state index is 0.0421. The first kappa shape index (κ1) is 24.4. The molecule has 4 heterocycles. The molecule has 0 saturated carbocycles. The number of imidazole rings is 1. The van der Waals surface area contributed by atoms with Gasteiger partial charge in [0, 0.05) is 24.7 Å². The van der Waals surface area contributed by atoms with Gasteiger partial charge in [-0.2, -0.15) is 0 Å². The van der Waals surface area contributed by atoms with Crippen molar-refractivity contribution < 1.29 is 19.4 Å². The number of benzene rings is 1. The van der Waals surface area contributed by atoms with Gasteiger partial charge in [-0.05, 0) is 57.2 Å². The Morgan fingerprint density at radius 2 is 2.03 bits per heavy atom. The topological polar surface area (TPSA) is 103 Å². The van der Waals surface area contributed by atoms with E-state index in [1.165, 1.54) is 0 Å². The molecule has 0 radical (unpaired) electrons. The molecule has 2 aliphatic rings. The average molecular weight is 492 g/mol. The summed E-state index contributed by atoms with van der Waals surface area (Å²) in [7, 11) is 0. The molecule has 0 bridgehead atoms. The Morgan fingerprint density at radius 3 is 2.72 bits per heavy atom. The number of amides is 1. The first-order chi connectivity index (χ1) is 17.3. The molecule has 0 atom stereocenters. The summed E-state index contributed by atoms with van der Waals surface area (Å²) in [5.74, 6) is 0.605. The number of fused-ring (bicyclic) bond motifs is 1. The molecular formula is C27H33N5O4. The molecular weight excluding hydrogens is 458 g/mol. The number of aliphatic hydroxyl groups is 1. The van der Waals surface area contributed by atoms with Gasteiger partial charge in [0.2, 0.25) is 0 Å². The predicted molar refractivity (Wildman–Crippen MR) is 136 cm³/mol. The Kier molecular flexibility index (Phi) is 6.77. The lowest BCUT2D eigenvalue weighted by atomic mass is 10.0. The summed E-state index contributed by atoms with van der Waals surface area (Å²) in [5, 5.41) is 9.63. The van der Waals surface area contributed by atoms with Crippen molar-refractivity contribution in [2.24, 2.45) is 0 Å². The van der Waals surface area contributed by atoms with Crippen LogP contribution < -0.4 is 0 Å². The van der Waals surface area contributed by atoms with Crippen molar-refractivity contribution in [1.82, 2.24) is 24.4 Å². The summed E-state index contributed by atoms with van der Waals surface area (Å²) < 4.78 is 13.2. The molecule has 9 nitrogen and oxygen atoms in total. The third-order valence-electron chi connectivity index (χ3n) is 6.57. The fourth-order valence-electron chi connectivity index (χ4n) is 4.74. The fraction of sp³-hybridized carbons (Fsp3) is 0.481. The third-order valence-corrected chi connectivity index (χ3v) is 6.57. The SMILES string of the molecule is CC(C)(C)OC(=O)N1CCC(n2cnc3c(C4=CCOCC4)nc(-c4cccc(CO)c4)nc32)CC1. The molecule has 36 heavy (non-hydrogen) atoms. The van der Waals surface area contributed by atoms with Gasteiger partial charge in [0.25, 0.3) is 0 Å². The Labute approximate surface area is 210 Å². The van der Waals surface area contributed by atoms with Gasteiger partial charge in [0.1, 0.15) is 11.1 Å². The molecule has 1 aromatic carbocycles. The zero-order chi connectivity index (χ0) is 25.3. The molecule has 1 fully saturated rings. The summed E-state index contributed by atoms with van der Waals surface area (Å²) in [6, 6.07) is 7.83. The predicted octanol–water partition coefficient (Wildman–Crippen LogP) is 4.36. The second kappa shape index (κ2) is 9.99. The monoisotopic (exact) mass is 491 g/mol. The second-order valence-electron chi connectivity index (χ2n) is 10.3. The number of piperidine rings is 1. The Balaban J connectivity index is 1.49. The summed E-state index contributed by atoms with van der Waals surface area (Å²) in [4.78, 5) is 28.9. The molecule has 2 aliphatic heterocycles. The molecule has 9 heteroatoms. The van der Waals surface area contributed by atoms with Crippen LogP contribution in [0.2, 0.25) is 0 Å². The summed E-state index contributed by atoms with van der Waals surface area (Å²) in [6.45, 7) is 8.04. The van der Waals surface area contributed by atoms with Crippen molar-refractivity contribution in [1.29, 1.82) is 0 Å². The number of hydrogen-bond acceptors (Lipinski definition) is 7. The quantitative estimate of drug-likeness (QED) is 0.578. The average Bonchev–Trinajstić information content (AvgIpc) is 3.32. The largest absolute Gasteiger partial charge is 0.444 e. The van der Waals surface area contributed by atoms with Crippen LogP contribution in [-0.4, -0.2) is 67.5 Å². The van der Waals surface area contributed by atoms with E-state index in [-0.39, 0.29) is 18.7 Å². The highest BCUT2D eigenvalue weighted by Crippen LogP contribution is 2.32. The lowest BCUT2D eigenvalue weighted by Crippen LogP contribution is -2.42. The number of carbonyl (C=O) groups is 1. The van der Waals surface area contributed by atoms with Gasteiger partial charge in [-0.25, -0.2) is 19.7 Å². The minimum atomic E-state index is -0.510. The number of hydrogen-bond donors (Lipinski definition) is 1. The molecule has 0 aliphatic carbocycles. The molecule has 1 saturated heterocycles. The maximum absolute atomic E-state index is 12.5. The maximum Gasteiger partial charge on any atom is 0.410 e. The van der Waals surface area contributed by atoms with Crippen molar-refractivity contribution in [2.45, 2.75) is 58.3 Å². The van der Waals surface area contributed by atoms with Gasteiger partial charge in [-0.15, -0.1) is 0 Å². The second-order valence-corrected chi connectivity index (χ2v) is 10.3. The number of ether oxygens (including phenoxy) is 2. The highest BCUT2D eigenvalue weighted by atomic mass is 16.6. The number of nitrogens with zero attached hydrogens (tertiary/aromatic N) is 5. The Bertz CT molecular complexity index is 1290. The van der Waals surface area contributed by atoms with Crippen LogP contribution in [0.15, 0.2) is 36.7 Å². The van der Waals surface area contributed by atoms with E-state index in [9.17, 15) is 9.90 Å². The summed E-state index contributed by atoms with van der Waals surface area (Å²) in [5.41, 5.74) is 4.66. The normalized spacial score (nSPS) is 17.3. The van der Waals surface area contributed by atoms with Gasteiger partial charge in [-0.3, -0.25) is 0 Å². The van der Waals surface area contributed by atoms with Gasteiger partial charge in [-0.1, -0.05) is 24.3 Å². The van der Waals surface area contributed by atoms with Gasteiger partial charge >= 0.3 is 6.09 Å². The lowest BCUT2D eigenvalue weighted by Gasteiger charge is -2.34. The number of likely N-dealkylation sites (tertiary alicyclic amines) is 1. The molecule has 2 aromatic heterocycles. The van der Waals surface area contributed by atoms with Crippen LogP contribution in [-0.2, 0) is 16.1 Å². The van der Waals surface area contributed by atoms with Crippen LogP contribution in [0.4, 0.5) is 4.79 Å². The smallest absolute Gasteiger partial charge is 0.410 e. The van der Waals surface area contributed by atoms with Crippen LogP contribution in [0.1, 0.15) is 57.3 Å². The van der Waals surface area contributed by atoms with Gasteiger partial charge in [0.15, 0.2) is 11.5 Å². The Hall–Kier alpha value is -3.30. The molecule has 0 unspecified atom stereocenters. The van der Waals surface area contributed by atoms with E-state index in [1.807, 2.05) is 51.4 Å². The number of carbonyl (C=O) groups excluding carboxylic acids is 1. The van der Waals surface area contributed by atoms with Crippen LogP contribution in [0.3, 0.4) is 0 Å². The molecule has 3 aromatic rings. The number of aromatic nitrogens is 4. The maximum atomic E-state index is 12.5. The zero-order valence-corrected chi connectivity index (χ0v) is 21.1. The van der Waals surface area contributed by atoms with E-state index in [2.05, 4.69) is 10.6 Å². The third kappa shape index (κ3) is 5.12. The minimum Gasteiger partial charge on any atom is -0.444 e. The van der Waals surface area contributed by atoms with E-state index < -0.39 is 5.60 Å². The summed E-state index contributed by atoms with van der Waals surface area (Å²) >= 11 is 0. The lowest BCUT2D eigenvalue weighted by molar-refractivity contribution is 0.0189. The van der Waals surface area contributed by atoms with Crippen LogP contribution in [0.5, 0.6) is 0 Å². The fourth-order valence-corrected chi connectivity index (χ4v) is 4.74. The zero-order valence-electron chi connectivity index (χ0n) is 21.1. The number of aliphatic hydroxyl groups excluding tert-OH is 1. The standard InChI is InChI=1S/C27H33N5O4/c1-27(2,3)36-26(34)31-11-7-21(8-12-31)32-17-28-23-22(19-9-13-35-14-10-19)29-24(30-25(23)32)20-6-4-5-18(15-20)16-33/h4-6,9,15,17,21,33H,7-8,10-14,16H2,1-3H3. The van der Waals surface area contributed by atoms with Crippen LogP contribution in [0, 0.1) is 0 Å². The van der Waals surface area contributed by atoms with Crippen molar-refractivity contribution in [3.05, 3.63) is 47.9 Å². The Morgan fingerprint density at radius 1 is 1.22 bits per heavy atom. The van der Waals surface area contributed by atoms with Crippen molar-refractivity contribution in [3.8, 4) is 11.4 Å². The first-order valence-electron chi connectivity index (χ1n) is 12.5. The van der Waals surface area contributed by atoms with Crippen LogP contribution in [0.25, 0.3) is 28.1 Å².